The van der Waals surface area contributed by atoms with E-state index in [1.165, 1.54) is 0 Å². The van der Waals surface area contributed by atoms with Gasteiger partial charge in [0.25, 0.3) is 5.91 Å². The first-order chi connectivity index (χ1) is 8.91. The second-order valence-electron chi connectivity index (χ2n) is 4.60. The number of hydrogen-bond acceptors (Lipinski definition) is 2. The van der Waals surface area contributed by atoms with Gasteiger partial charge in [-0.1, -0.05) is 15.9 Å². The normalized spacial score (nSPS) is 10.5. The summed E-state index contributed by atoms with van der Waals surface area (Å²) in [5.74, 6) is -0.896. The number of carbonyl (C=O) groups excluding carboxylic acids is 1. The number of halogens is 1. The summed E-state index contributed by atoms with van der Waals surface area (Å²) in [7, 11) is 0. The average molecular weight is 328 g/mol. The molecule has 1 amide bonds. The van der Waals surface area contributed by atoms with Crippen LogP contribution in [0.15, 0.2) is 28.7 Å². The van der Waals surface area contributed by atoms with Gasteiger partial charge in [-0.25, -0.2) is 0 Å². The summed E-state index contributed by atoms with van der Waals surface area (Å²) >= 11 is 3.33. The zero-order valence-electron chi connectivity index (χ0n) is 11.1. The van der Waals surface area contributed by atoms with Gasteiger partial charge in [-0.05, 0) is 44.5 Å². The molecule has 19 heavy (non-hydrogen) atoms. The Hall–Kier alpha value is -1.36. The fourth-order valence-electron chi connectivity index (χ4n) is 1.75. The quantitative estimate of drug-likeness (QED) is 0.873. The van der Waals surface area contributed by atoms with Crippen molar-refractivity contribution in [1.82, 2.24) is 4.90 Å². The van der Waals surface area contributed by atoms with E-state index in [0.717, 1.165) is 4.47 Å². The third kappa shape index (κ3) is 5.03. The van der Waals surface area contributed by atoms with E-state index < -0.39 is 5.97 Å². The Bertz CT molecular complexity index is 443. The van der Waals surface area contributed by atoms with Gasteiger partial charge in [0, 0.05) is 29.0 Å². The number of carboxylic acid groups (broad SMARTS) is 1. The number of benzene rings is 1. The van der Waals surface area contributed by atoms with Crippen molar-refractivity contribution in [3.05, 3.63) is 34.3 Å². The summed E-state index contributed by atoms with van der Waals surface area (Å²) in [6.45, 7) is 4.31. The summed E-state index contributed by atoms with van der Waals surface area (Å²) in [6.07, 6.45) is 0.548. The lowest BCUT2D eigenvalue weighted by Crippen LogP contribution is -2.37. The molecular weight excluding hydrogens is 310 g/mol. The molecular formula is C14H18BrNO3. The van der Waals surface area contributed by atoms with Crippen molar-refractivity contribution in [2.75, 3.05) is 6.54 Å². The molecule has 0 unspecified atom stereocenters. The van der Waals surface area contributed by atoms with Crippen molar-refractivity contribution in [2.24, 2.45) is 0 Å². The molecule has 4 nitrogen and oxygen atoms in total. The van der Waals surface area contributed by atoms with Gasteiger partial charge < -0.3 is 10.0 Å². The highest BCUT2D eigenvalue weighted by molar-refractivity contribution is 9.10. The summed E-state index contributed by atoms with van der Waals surface area (Å²) < 4.78 is 0.922. The molecule has 5 heteroatoms. The lowest BCUT2D eigenvalue weighted by Gasteiger charge is -2.26. The van der Waals surface area contributed by atoms with Crippen LogP contribution in [-0.2, 0) is 4.79 Å². The number of carboxylic acids is 1. The molecule has 0 aromatic heterocycles. The maximum atomic E-state index is 12.3. The monoisotopic (exact) mass is 327 g/mol. The first kappa shape index (κ1) is 15.7. The van der Waals surface area contributed by atoms with Crippen LogP contribution < -0.4 is 0 Å². The molecule has 0 aliphatic rings. The first-order valence-electron chi connectivity index (χ1n) is 6.20. The van der Waals surface area contributed by atoms with E-state index >= 15 is 0 Å². The zero-order chi connectivity index (χ0) is 14.4. The van der Waals surface area contributed by atoms with E-state index in [9.17, 15) is 9.59 Å². The fraction of sp³-hybridized carbons (Fsp3) is 0.429. The smallest absolute Gasteiger partial charge is 0.303 e. The van der Waals surface area contributed by atoms with Gasteiger partial charge in [-0.15, -0.1) is 0 Å². The molecule has 0 spiro atoms. The Balaban J connectivity index is 2.72. The molecule has 1 rings (SSSR count). The van der Waals surface area contributed by atoms with E-state index in [1.54, 1.807) is 17.0 Å². The van der Waals surface area contributed by atoms with E-state index in [4.69, 9.17) is 5.11 Å². The number of hydrogen-bond donors (Lipinski definition) is 1. The molecule has 0 bridgehead atoms. The predicted octanol–water partition coefficient (Wildman–Crippen LogP) is 3.16. The molecule has 0 fully saturated rings. The first-order valence-corrected chi connectivity index (χ1v) is 6.99. The minimum atomic E-state index is -0.834. The van der Waals surface area contributed by atoms with Crippen LogP contribution in [0.4, 0.5) is 0 Å². The number of aliphatic carboxylic acids is 1. The molecule has 104 valence electrons. The molecule has 1 N–H and O–H groups in total. The van der Waals surface area contributed by atoms with Crippen LogP contribution in [0.1, 0.15) is 37.0 Å². The molecule has 0 atom stereocenters. The maximum absolute atomic E-state index is 12.3. The minimum Gasteiger partial charge on any atom is -0.481 e. The van der Waals surface area contributed by atoms with Crippen molar-refractivity contribution < 1.29 is 14.7 Å². The molecule has 0 saturated carbocycles. The van der Waals surface area contributed by atoms with Crippen LogP contribution >= 0.6 is 15.9 Å². The lowest BCUT2D eigenvalue weighted by atomic mass is 10.1. The molecule has 1 aromatic carbocycles. The van der Waals surface area contributed by atoms with E-state index in [0.29, 0.717) is 18.5 Å². The lowest BCUT2D eigenvalue weighted by molar-refractivity contribution is -0.137. The maximum Gasteiger partial charge on any atom is 0.303 e. The molecule has 0 saturated heterocycles. The van der Waals surface area contributed by atoms with Gasteiger partial charge in [-0.3, -0.25) is 9.59 Å². The van der Waals surface area contributed by atoms with Crippen molar-refractivity contribution >= 4 is 27.8 Å². The second-order valence-corrected chi connectivity index (χ2v) is 5.51. The SMILES string of the molecule is CC(C)N(CCCC(=O)O)C(=O)c1ccc(Br)cc1. The highest BCUT2D eigenvalue weighted by atomic mass is 79.9. The van der Waals surface area contributed by atoms with Gasteiger partial charge >= 0.3 is 5.97 Å². The van der Waals surface area contributed by atoms with E-state index in [2.05, 4.69) is 15.9 Å². The van der Waals surface area contributed by atoms with Crippen LogP contribution in [0.5, 0.6) is 0 Å². The Morgan fingerprint density at radius 3 is 2.32 bits per heavy atom. The van der Waals surface area contributed by atoms with E-state index in [1.807, 2.05) is 26.0 Å². The molecule has 0 heterocycles. The number of rotatable bonds is 6. The Morgan fingerprint density at radius 1 is 1.26 bits per heavy atom. The van der Waals surface area contributed by atoms with Gasteiger partial charge in [0.1, 0.15) is 0 Å². The standard InChI is InChI=1S/C14H18BrNO3/c1-10(2)16(9-3-4-13(17)18)14(19)11-5-7-12(15)8-6-11/h5-8,10H,3-4,9H2,1-2H3,(H,17,18). The summed E-state index contributed by atoms with van der Waals surface area (Å²) in [4.78, 5) is 24.6. The Morgan fingerprint density at radius 2 is 1.84 bits per heavy atom. The van der Waals surface area contributed by atoms with Crippen LogP contribution in [0.3, 0.4) is 0 Å². The Kier molecular flexibility index (Phi) is 6.02. The minimum absolute atomic E-state index is 0.0462. The van der Waals surface area contributed by atoms with Crippen molar-refractivity contribution in [3.8, 4) is 0 Å². The third-order valence-electron chi connectivity index (χ3n) is 2.77. The van der Waals surface area contributed by atoms with Crippen molar-refractivity contribution in [3.63, 3.8) is 0 Å². The van der Waals surface area contributed by atoms with E-state index in [-0.39, 0.29) is 18.4 Å². The summed E-state index contributed by atoms with van der Waals surface area (Å²) in [6, 6.07) is 7.22. The summed E-state index contributed by atoms with van der Waals surface area (Å²) in [5, 5.41) is 8.64. The highest BCUT2D eigenvalue weighted by Crippen LogP contribution is 2.14. The zero-order valence-corrected chi connectivity index (χ0v) is 12.7. The molecule has 0 radical (unpaired) electrons. The third-order valence-corrected chi connectivity index (χ3v) is 3.29. The van der Waals surface area contributed by atoms with Gasteiger partial charge in [0.15, 0.2) is 0 Å². The van der Waals surface area contributed by atoms with Gasteiger partial charge in [-0.2, -0.15) is 0 Å². The van der Waals surface area contributed by atoms with Crippen LogP contribution in [0.2, 0.25) is 0 Å². The Labute approximate surface area is 121 Å². The molecule has 1 aromatic rings. The highest BCUT2D eigenvalue weighted by Gasteiger charge is 2.18. The average Bonchev–Trinajstić information content (AvgIpc) is 2.34. The van der Waals surface area contributed by atoms with Crippen molar-refractivity contribution in [2.45, 2.75) is 32.7 Å². The number of carbonyl (C=O) groups is 2. The topological polar surface area (TPSA) is 57.6 Å². The number of amides is 1. The molecule has 0 aliphatic heterocycles. The fourth-order valence-corrected chi connectivity index (χ4v) is 2.02. The van der Waals surface area contributed by atoms with Crippen molar-refractivity contribution in [1.29, 1.82) is 0 Å². The van der Waals surface area contributed by atoms with Crippen LogP contribution in [0.25, 0.3) is 0 Å². The predicted molar refractivity (Wildman–Crippen MR) is 77.2 cm³/mol. The van der Waals surface area contributed by atoms with Crippen LogP contribution in [-0.4, -0.2) is 34.5 Å². The largest absolute Gasteiger partial charge is 0.481 e. The molecule has 0 aliphatic carbocycles. The van der Waals surface area contributed by atoms with Crippen LogP contribution in [0, 0.1) is 0 Å². The number of nitrogens with zero attached hydrogens (tertiary/aromatic N) is 1. The van der Waals surface area contributed by atoms with Gasteiger partial charge in [0.05, 0.1) is 0 Å². The summed E-state index contributed by atoms with van der Waals surface area (Å²) in [5.41, 5.74) is 0.618. The second kappa shape index (κ2) is 7.28. The van der Waals surface area contributed by atoms with Gasteiger partial charge in [0.2, 0.25) is 0 Å².